The summed E-state index contributed by atoms with van der Waals surface area (Å²) in [5, 5.41) is 24.8. The molecule has 0 bridgehead atoms. The van der Waals surface area contributed by atoms with Gasteiger partial charge in [0, 0.05) is 13.0 Å². The Morgan fingerprint density at radius 3 is 2.35 bits per heavy atom. The SMILES string of the molecule is CC[C@H]1[C@@H](O)[C@@H]2[C@H](CC[C@]3(C)[C@@H]([C@H](C)CCC(=O)NCCS(=O)(=O)[O-])CC[C@@H]23)[C@@]2(C)CC[C@H](O)C[C@@H]12.[Na+]. The summed E-state index contributed by atoms with van der Waals surface area (Å²) in [5.74, 6) is 2.09. The van der Waals surface area contributed by atoms with Crippen LogP contribution in [0.15, 0.2) is 0 Å². The van der Waals surface area contributed by atoms with Crippen molar-refractivity contribution in [1.29, 1.82) is 0 Å². The van der Waals surface area contributed by atoms with Gasteiger partial charge in [-0.1, -0.05) is 34.1 Å². The first-order valence-corrected chi connectivity index (χ1v) is 16.0. The summed E-state index contributed by atoms with van der Waals surface area (Å²) in [6.45, 7) is 9.22. The summed E-state index contributed by atoms with van der Waals surface area (Å²) in [6.07, 6.45) is 8.86. The summed E-state index contributed by atoms with van der Waals surface area (Å²) < 4.78 is 32.3. The summed E-state index contributed by atoms with van der Waals surface area (Å²) in [6, 6.07) is 0. The van der Waals surface area contributed by atoms with Gasteiger partial charge in [-0.25, -0.2) is 8.42 Å². The average Bonchev–Trinajstić information content (AvgIpc) is 3.15. The van der Waals surface area contributed by atoms with Crippen LogP contribution in [0, 0.1) is 52.3 Å². The molecule has 0 radical (unpaired) electrons. The van der Waals surface area contributed by atoms with Gasteiger partial charge in [0.2, 0.25) is 5.91 Å². The molecular weight excluding hydrogens is 501 g/mol. The van der Waals surface area contributed by atoms with Crippen LogP contribution in [0.25, 0.3) is 0 Å². The molecule has 208 valence electrons. The van der Waals surface area contributed by atoms with Gasteiger partial charge in [-0.15, -0.1) is 0 Å². The Bertz CT molecular complexity index is 916. The molecule has 0 aromatic heterocycles. The summed E-state index contributed by atoms with van der Waals surface area (Å²) >= 11 is 0. The van der Waals surface area contributed by atoms with Crippen LogP contribution in [0.4, 0.5) is 0 Å². The summed E-state index contributed by atoms with van der Waals surface area (Å²) in [4.78, 5) is 12.2. The molecule has 0 aliphatic heterocycles. The topological polar surface area (TPSA) is 127 Å². The van der Waals surface area contributed by atoms with Crippen molar-refractivity contribution < 1.29 is 57.5 Å². The third-order valence-corrected chi connectivity index (χ3v) is 12.4. The predicted octanol–water partition coefficient (Wildman–Crippen LogP) is 0.695. The molecule has 4 aliphatic rings. The molecule has 1 amide bonds. The van der Waals surface area contributed by atoms with E-state index in [1.165, 1.54) is 0 Å². The van der Waals surface area contributed by atoms with E-state index in [2.05, 4.69) is 33.0 Å². The van der Waals surface area contributed by atoms with Crippen LogP contribution in [0.5, 0.6) is 0 Å². The minimum absolute atomic E-state index is 0. The first-order valence-electron chi connectivity index (χ1n) is 14.4. The summed E-state index contributed by atoms with van der Waals surface area (Å²) in [5.41, 5.74) is 0.356. The molecule has 4 saturated carbocycles. The fourth-order valence-electron chi connectivity index (χ4n) is 9.90. The van der Waals surface area contributed by atoms with Crippen molar-refractivity contribution in [2.24, 2.45) is 52.3 Å². The monoisotopic (exact) mass is 549 g/mol. The molecule has 4 rings (SSSR count). The number of hydrogen-bond donors (Lipinski definition) is 3. The van der Waals surface area contributed by atoms with E-state index >= 15 is 0 Å². The fraction of sp³-hybridized carbons (Fsp3) is 0.964. The minimum Gasteiger partial charge on any atom is -0.748 e. The zero-order chi connectivity index (χ0) is 26.5. The summed E-state index contributed by atoms with van der Waals surface area (Å²) in [7, 11) is -4.32. The Labute approximate surface area is 246 Å². The van der Waals surface area contributed by atoms with E-state index in [1.807, 2.05) is 0 Å². The number of fused-ring (bicyclic) bond motifs is 5. The van der Waals surface area contributed by atoms with Gasteiger partial charge in [-0.05, 0) is 104 Å². The van der Waals surface area contributed by atoms with E-state index in [-0.39, 0.29) is 71.0 Å². The van der Waals surface area contributed by atoms with Crippen LogP contribution in [0.3, 0.4) is 0 Å². The number of rotatable bonds is 8. The van der Waals surface area contributed by atoms with Gasteiger partial charge in [0.15, 0.2) is 0 Å². The standard InChI is InChI=1S/C28H49NO6S.Na/c1-5-19-23-16-18(30)10-12-28(23,4)22-11-13-27(3)20(7-8-21(27)25(22)26(19)32)17(2)6-9-24(31)29-14-15-36(33,34)35;/h17-23,25-26,30,32H,5-16H2,1-4H3,(H,29,31)(H,33,34,35);/q;+1/p-1/t17-,18+,19-,20-,21+,22+,23+,25+,26-,27-,28-;/m1./s1. The Morgan fingerprint density at radius 1 is 1.05 bits per heavy atom. The van der Waals surface area contributed by atoms with Gasteiger partial charge in [0.05, 0.1) is 28.1 Å². The first kappa shape index (κ1) is 31.8. The van der Waals surface area contributed by atoms with E-state index in [0.717, 1.165) is 57.8 Å². The normalized spacial score (nSPS) is 44.1. The fourth-order valence-corrected chi connectivity index (χ4v) is 10.2. The molecule has 0 aromatic carbocycles. The molecule has 37 heavy (non-hydrogen) atoms. The van der Waals surface area contributed by atoms with E-state index in [1.54, 1.807) is 0 Å². The Kier molecular flexibility index (Phi) is 10.4. The van der Waals surface area contributed by atoms with Gasteiger partial charge < -0.3 is 20.1 Å². The van der Waals surface area contributed by atoms with Crippen molar-refractivity contribution in [3.63, 3.8) is 0 Å². The van der Waals surface area contributed by atoms with Crippen molar-refractivity contribution in [1.82, 2.24) is 5.32 Å². The van der Waals surface area contributed by atoms with Crippen molar-refractivity contribution in [2.45, 2.75) is 104 Å². The molecule has 7 nitrogen and oxygen atoms in total. The molecule has 3 N–H and O–H groups in total. The molecule has 11 atom stereocenters. The van der Waals surface area contributed by atoms with Crippen LogP contribution in [0.1, 0.15) is 91.9 Å². The van der Waals surface area contributed by atoms with Gasteiger partial charge >= 0.3 is 29.6 Å². The number of aliphatic hydroxyl groups is 2. The van der Waals surface area contributed by atoms with Crippen molar-refractivity contribution in [3.05, 3.63) is 0 Å². The zero-order valence-electron chi connectivity index (χ0n) is 23.6. The van der Waals surface area contributed by atoms with E-state index in [0.29, 0.717) is 41.9 Å². The van der Waals surface area contributed by atoms with Crippen molar-refractivity contribution >= 4 is 16.0 Å². The van der Waals surface area contributed by atoms with Crippen molar-refractivity contribution in [2.75, 3.05) is 12.3 Å². The number of aliphatic hydroxyl groups excluding tert-OH is 2. The third-order valence-electron chi connectivity index (χ3n) is 11.7. The average molecular weight is 550 g/mol. The maximum absolute atomic E-state index is 12.2. The number of carbonyl (C=O) groups excluding carboxylic acids is 1. The number of amides is 1. The first-order chi connectivity index (χ1) is 16.8. The largest absolute Gasteiger partial charge is 1.00 e. The van der Waals surface area contributed by atoms with Gasteiger partial charge in [-0.3, -0.25) is 4.79 Å². The maximum atomic E-state index is 12.2. The molecule has 0 unspecified atom stereocenters. The molecule has 4 fully saturated rings. The quantitative estimate of drug-likeness (QED) is 0.302. The zero-order valence-corrected chi connectivity index (χ0v) is 26.4. The second kappa shape index (κ2) is 12.0. The Balaban J connectivity index is 0.00000380. The van der Waals surface area contributed by atoms with Crippen LogP contribution in [-0.2, 0) is 14.9 Å². The number of carbonyl (C=O) groups is 1. The van der Waals surface area contributed by atoms with Gasteiger partial charge in [0.1, 0.15) is 0 Å². The molecule has 4 aliphatic carbocycles. The van der Waals surface area contributed by atoms with Crippen LogP contribution in [-0.4, -0.2) is 53.6 Å². The molecule has 0 aromatic rings. The second-order valence-corrected chi connectivity index (χ2v) is 14.8. The minimum atomic E-state index is -4.32. The smallest absolute Gasteiger partial charge is 0.748 e. The maximum Gasteiger partial charge on any atom is 1.00 e. The van der Waals surface area contributed by atoms with E-state index in [9.17, 15) is 28.0 Å². The van der Waals surface area contributed by atoms with E-state index in [4.69, 9.17) is 0 Å². The second-order valence-electron chi connectivity index (χ2n) is 13.2. The predicted molar refractivity (Wildman–Crippen MR) is 138 cm³/mol. The van der Waals surface area contributed by atoms with Crippen LogP contribution >= 0.6 is 0 Å². The van der Waals surface area contributed by atoms with Gasteiger partial charge in [0.25, 0.3) is 0 Å². The molecular formula is C28H48NNaO6S. The third kappa shape index (κ3) is 6.15. The number of hydrogen-bond acceptors (Lipinski definition) is 6. The molecule has 0 spiro atoms. The molecule has 9 heteroatoms. The van der Waals surface area contributed by atoms with Gasteiger partial charge in [-0.2, -0.15) is 0 Å². The van der Waals surface area contributed by atoms with Crippen LogP contribution < -0.4 is 34.9 Å². The number of nitrogens with one attached hydrogen (secondary N) is 1. The van der Waals surface area contributed by atoms with Crippen molar-refractivity contribution in [3.8, 4) is 0 Å². The van der Waals surface area contributed by atoms with E-state index < -0.39 is 15.9 Å². The molecule has 0 saturated heterocycles. The Morgan fingerprint density at radius 2 is 1.70 bits per heavy atom. The van der Waals surface area contributed by atoms with Crippen LogP contribution in [0.2, 0.25) is 0 Å². The molecule has 0 heterocycles. The Hall–Kier alpha value is 0.300.